The van der Waals surface area contributed by atoms with Crippen molar-refractivity contribution in [3.05, 3.63) is 0 Å². The van der Waals surface area contributed by atoms with Crippen LogP contribution in [0.3, 0.4) is 0 Å². The van der Waals surface area contributed by atoms with Crippen LogP contribution < -0.4 is 5.73 Å². The maximum absolute atomic E-state index is 10.8. The zero-order chi connectivity index (χ0) is 8.53. The summed E-state index contributed by atoms with van der Waals surface area (Å²) in [6.45, 7) is 3.69. The van der Waals surface area contributed by atoms with E-state index in [0.717, 1.165) is 6.42 Å². The highest BCUT2D eigenvalue weighted by atomic mass is 16.5. The van der Waals surface area contributed by atoms with E-state index < -0.39 is 0 Å². The van der Waals surface area contributed by atoms with E-state index in [0.29, 0.717) is 38.4 Å². The first-order valence-corrected chi connectivity index (χ1v) is 4.10. The topological polar surface area (TPSA) is 52.3 Å². The van der Waals surface area contributed by atoms with E-state index in [2.05, 4.69) is 0 Å². The summed E-state index contributed by atoms with van der Waals surface area (Å²) in [5, 5.41) is 0. The van der Waals surface area contributed by atoms with Crippen molar-refractivity contribution in [2.24, 2.45) is 5.73 Å². The van der Waals surface area contributed by atoms with Crippen LogP contribution in [0.1, 0.15) is 26.2 Å². The van der Waals surface area contributed by atoms with Crippen LogP contribution >= 0.6 is 0 Å². The Morgan fingerprint density at radius 1 is 1.45 bits per heavy atom. The highest BCUT2D eigenvalue weighted by molar-refractivity contribution is 5.77. The third-order valence-corrected chi connectivity index (χ3v) is 1.40. The van der Waals surface area contributed by atoms with Crippen molar-refractivity contribution < 1.29 is 9.53 Å². The van der Waals surface area contributed by atoms with Gasteiger partial charge in [-0.05, 0) is 6.42 Å². The molecular weight excluding hydrogens is 142 g/mol. The predicted molar refractivity (Wildman–Crippen MR) is 44.4 cm³/mol. The largest absolute Gasteiger partial charge is 0.380 e. The monoisotopic (exact) mass is 159 g/mol. The van der Waals surface area contributed by atoms with E-state index in [-0.39, 0.29) is 0 Å². The normalized spacial score (nSPS) is 10.0. The van der Waals surface area contributed by atoms with Crippen LogP contribution in [0.15, 0.2) is 0 Å². The summed E-state index contributed by atoms with van der Waals surface area (Å²) >= 11 is 0. The average Bonchev–Trinajstić information content (AvgIpc) is 2.04. The highest BCUT2D eigenvalue weighted by Crippen LogP contribution is 1.94. The van der Waals surface area contributed by atoms with Crippen molar-refractivity contribution in [3.63, 3.8) is 0 Å². The first-order chi connectivity index (χ1) is 5.31. The minimum absolute atomic E-state index is 0.307. The van der Waals surface area contributed by atoms with E-state index in [1.165, 1.54) is 0 Å². The van der Waals surface area contributed by atoms with Gasteiger partial charge in [-0.2, -0.15) is 0 Å². The Balaban J connectivity index is 2.95. The molecule has 0 amide bonds. The number of ether oxygens (including phenoxy) is 1. The lowest BCUT2D eigenvalue weighted by Gasteiger charge is -2.00. The first-order valence-electron chi connectivity index (χ1n) is 4.10. The molecule has 0 aromatic heterocycles. The average molecular weight is 159 g/mol. The lowest BCUT2D eigenvalue weighted by molar-refractivity contribution is -0.119. The van der Waals surface area contributed by atoms with E-state index in [1.807, 2.05) is 6.92 Å². The van der Waals surface area contributed by atoms with Gasteiger partial charge in [-0.3, -0.25) is 4.79 Å². The minimum atomic E-state index is 0.307. The third kappa shape index (κ3) is 7.49. The number of hydrogen-bond acceptors (Lipinski definition) is 3. The molecule has 0 aromatic carbocycles. The van der Waals surface area contributed by atoms with Gasteiger partial charge < -0.3 is 10.5 Å². The van der Waals surface area contributed by atoms with Gasteiger partial charge in [-0.1, -0.05) is 6.92 Å². The van der Waals surface area contributed by atoms with Gasteiger partial charge in [-0.25, -0.2) is 0 Å². The molecule has 0 heterocycles. The molecule has 66 valence electrons. The second kappa shape index (κ2) is 7.69. The van der Waals surface area contributed by atoms with Gasteiger partial charge in [0.2, 0.25) is 0 Å². The molecule has 0 aliphatic carbocycles. The zero-order valence-electron chi connectivity index (χ0n) is 7.14. The van der Waals surface area contributed by atoms with Crippen LogP contribution in [-0.2, 0) is 9.53 Å². The summed E-state index contributed by atoms with van der Waals surface area (Å²) in [6, 6.07) is 0. The first kappa shape index (κ1) is 10.6. The van der Waals surface area contributed by atoms with Crippen molar-refractivity contribution in [2.45, 2.75) is 26.2 Å². The predicted octanol–water partition coefficient (Wildman–Crippen LogP) is 0.721. The zero-order valence-corrected chi connectivity index (χ0v) is 7.14. The van der Waals surface area contributed by atoms with Crippen LogP contribution in [0.5, 0.6) is 0 Å². The maximum Gasteiger partial charge on any atom is 0.132 e. The third-order valence-electron chi connectivity index (χ3n) is 1.40. The van der Waals surface area contributed by atoms with Crippen molar-refractivity contribution in [2.75, 3.05) is 19.8 Å². The summed E-state index contributed by atoms with van der Waals surface area (Å²) in [6.07, 6.45) is 2.10. The van der Waals surface area contributed by atoms with Crippen LogP contribution in [0, 0.1) is 0 Å². The molecule has 0 radical (unpaired) electrons. The smallest absolute Gasteiger partial charge is 0.132 e. The number of carbonyl (C=O) groups is 1. The van der Waals surface area contributed by atoms with Crippen LogP contribution in [0.25, 0.3) is 0 Å². The Morgan fingerprint density at radius 2 is 2.18 bits per heavy atom. The van der Waals surface area contributed by atoms with Gasteiger partial charge in [0.25, 0.3) is 0 Å². The van der Waals surface area contributed by atoms with Crippen LogP contribution in [0.4, 0.5) is 0 Å². The second-order valence-electron chi connectivity index (χ2n) is 2.40. The highest BCUT2D eigenvalue weighted by Gasteiger charge is 1.96. The number of ketones is 1. The van der Waals surface area contributed by atoms with Gasteiger partial charge in [0.05, 0.1) is 6.61 Å². The molecular formula is C8H17NO2. The van der Waals surface area contributed by atoms with E-state index in [4.69, 9.17) is 10.5 Å². The molecule has 0 bridgehead atoms. The Kier molecular flexibility index (Phi) is 7.41. The standard InChI is InChI=1S/C8H17NO2/c1-2-8(10)4-3-6-11-7-5-9/h2-7,9H2,1H3. The van der Waals surface area contributed by atoms with Gasteiger partial charge in [0.1, 0.15) is 5.78 Å². The Hall–Kier alpha value is -0.410. The number of carbonyl (C=O) groups excluding carboxylic acids is 1. The molecule has 0 aliphatic heterocycles. The van der Waals surface area contributed by atoms with Gasteiger partial charge in [0, 0.05) is 26.0 Å². The number of hydrogen-bond donors (Lipinski definition) is 1. The fraction of sp³-hybridized carbons (Fsp3) is 0.875. The van der Waals surface area contributed by atoms with E-state index in [1.54, 1.807) is 0 Å². The summed E-state index contributed by atoms with van der Waals surface area (Å²) in [5.74, 6) is 0.307. The molecule has 3 heteroatoms. The van der Waals surface area contributed by atoms with Crippen LogP contribution in [-0.4, -0.2) is 25.5 Å². The van der Waals surface area contributed by atoms with Gasteiger partial charge in [-0.15, -0.1) is 0 Å². The summed E-state index contributed by atoms with van der Waals surface area (Å²) < 4.78 is 5.10. The lowest BCUT2D eigenvalue weighted by atomic mass is 10.2. The van der Waals surface area contributed by atoms with Crippen molar-refractivity contribution >= 4 is 5.78 Å². The summed E-state index contributed by atoms with van der Waals surface area (Å²) in [7, 11) is 0. The maximum atomic E-state index is 10.8. The molecule has 2 N–H and O–H groups in total. The number of nitrogens with two attached hydrogens (primary N) is 1. The van der Waals surface area contributed by atoms with E-state index in [9.17, 15) is 4.79 Å². The molecule has 0 aromatic rings. The Bertz CT molecular complexity index is 104. The molecule has 0 fully saturated rings. The minimum Gasteiger partial charge on any atom is -0.380 e. The van der Waals surface area contributed by atoms with Crippen molar-refractivity contribution in [1.82, 2.24) is 0 Å². The Morgan fingerprint density at radius 3 is 2.73 bits per heavy atom. The van der Waals surface area contributed by atoms with Gasteiger partial charge >= 0.3 is 0 Å². The molecule has 0 rings (SSSR count). The number of rotatable bonds is 7. The molecule has 0 saturated carbocycles. The molecule has 11 heavy (non-hydrogen) atoms. The summed E-state index contributed by atoms with van der Waals surface area (Å²) in [4.78, 5) is 10.8. The molecule has 0 saturated heterocycles. The number of Topliss-reactive ketones (excluding diaryl/α,β-unsaturated/α-hetero) is 1. The summed E-state index contributed by atoms with van der Waals surface area (Å²) in [5.41, 5.74) is 5.20. The fourth-order valence-electron chi connectivity index (χ4n) is 0.734. The second-order valence-corrected chi connectivity index (χ2v) is 2.40. The molecule has 0 aliphatic rings. The van der Waals surface area contributed by atoms with Crippen LogP contribution in [0.2, 0.25) is 0 Å². The van der Waals surface area contributed by atoms with Crippen molar-refractivity contribution in [1.29, 1.82) is 0 Å². The molecule has 3 nitrogen and oxygen atoms in total. The Labute approximate surface area is 67.9 Å². The lowest BCUT2D eigenvalue weighted by Crippen LogP contribution is -2.09. The van der Waals surface area contributed by atoms with E-state index >= 15 is 0 Å². The molecule has 0 spiro atoms. The quantitative estimate of drug-likeness (QED) is 0.557. The van der Waals surface area contributed by atoms with Gasteiger partial charge in [0.15, 0.2) is 0 Å². The van der Waals surface area contributed by atoms with Crippen molar-refractivity contribution in [3.8, 4) is 0 Å². The fourth-order valence-corrected chi connectivity index (χ4v) is 0.734. The SMILES string of the molecule is CCC(=O)CCCOCCN. The molecule has 0 atom stereocenters. The molecule has 0 unspecified atom stereocenters.